The van der Waals surface area contributed by atoms with E-state index in [0.29, 0.717) is 16.8 Å². The van der Waals surface area contributed by atoms with Crippen molar-refractivity contribution < 1.29 is 32.8 Å². The number of allylic oxidation sites excluding steroid dienone is 1. The number of nitriles is 1. The molecule has 4 N–H and O–H groups in total. The van der Waals surface area contributed by atoms with Crippen molar-refractivity contribution in [2.24, 2.45) is 5.92 Å². The van der Waals surface area contributed by atoms with Gasteiger partial charge in [-0.05, 0) is 35.6 Å². The molecule has 0 fully saturated rings. The molecule has 0 spiro atoms. The fourth-order valence-corrected chi connectivity index (χ4v) is 3.86. The largest absolute Gasteiger partial charge is 0.453 e. The number of carbonyl (C=O) groups excluding carboxylic acids is 2. The maximum absolute atomic E-state index is 13.2. The summed E-state index contributed by atoms with van der Waals surface area (Å²) in [5.74, 6) is -1.34. The fraction of sp³-hybridized carbons (Fsp3) is 0.370. The van der Waals surface area contributed by atoms with Gasteiger partial charge in [-0.2, -0.15) is 18.4 Å². The lowest BCUT2D eigenvalue weighted by atomic mass is 9.79. The molecular weight excluding hydrogens is 512 g/mol. The van der Waals surface area contributed by atoms with Crippen LogP contribution in [0.4, 0.5) is 18.9 Å². The van der Waals surface area contributed by atoms with Crippen LogP contribution in [0.3, 0.4) is 0 Å². The molecule has 0 aliphatic carbocycles. The lowest BCUT2D eigenvalue weighted by Gasteiger charge is -2.25. The lowest BCUT2D eigenvalue weighted by Crippen LogP contribution is -2.49. The van der Waals surface area contributed by atoms with Gasteiger partial charge in [0.1, 0.15) is 11.6 Å². The summed E-state index contributed by atoms with van der Waals surface area (Å²) in [5.41, 5.74) is 1.37. The summed E-state index contributed by atoms with van der Waals surface area (Å²) in [7, 11) is -0.283. The number of rotatable bonds is 12. The average Bonchev–Trinajstić information content (AvgIpc) is 2.88. The number of benzene rings is 2. The molecule has 2 amide bonds. The first kappa shape index (κ1) is 31.6. The number of likely N-dealkylation sites (N-methyl/N-ethyl adjacent to an activating group) is 1. The Morgan fingerprint density at radius 2 is 1.79 bits per heavy atom. The molecule has 0 aliphatic heterocycles. The number of nitrogens with zero attached hydrogens (tertiary/aromatic N) is 2. The molecular formula is C27H32BF3N4O4. The Morgan fingerprint density at radius 3 is 2.36 bits per heavy atom. The second kappa shape index (κ2) is 14.5. The lowest BCUT2D eigenvalue weighted by molar-refractivity contribution is -0.132. The molecule has 2 atom stereocenters. The summed E-state index contributed by atoms with van der Waals surface area (Å²) in [4.78, 5) is 27.2. The van der Waals surface area contributed by atoms with E-state index in [9.17, 15) is 38.1 Å². The molecule has 0 heterocycles. The molecule has 0 unspecified atom stereocenters. The molecule has 208 valence electrons. The second-order valence-corrected chi connectivity index (χ2v) is 9.41. The first-order valence-electron chi connectivity index (χ1n) is 12.3. The Balaban J connectivity index is 2.31. The molecule has 12 heteroatoms. The van der Waals surface area contributed by atoms with E-state index in [1.165, 1.54) is 18.0 Å². The van der Waals surface area contributed by atoms with Crippen molar-refractivity contribution in [3.8, 4) is 6.07 Å². The Kier molecular flexibility index (Phi) is 11.7. The topological polar surface area (TPSA) is 126 Å². The molecule has 0 aromatic heterocycles. The third kappa shape index (κ3) is 10.6. The SMILES string of the molecule is CC(C)C=C(C#N)C(=O)N(C)c1cccc(C[C@H](NCC(F)(F)F)C(=O)N[C@H](CB(O)O)c2ccccc2)c1. The number of carbonyl (C=O) groups is 2. The first-order valence-corrected chi connectivity index (χ1v) is 12.3. The van der Waals surface area contributed by atoms with E-state index in [0.717, 1.165) is 0 Å². The van der Waals surface area contributed by atoms with E-state index in [4.69, 9.17) is 0 Å². The number of halogens is 3. The van der Waals surface area contributed by atoms with Gasteiger partial charge < -0.3 is 20.3 Å². The molecule has 8 nitrogen and oxygen atoms in total. The summed E-state index contributed by atoms with van der Waals surface area (Å²) < 4.78 is 39.1. The van der Waals surface area contributed by atoms with Crippen LogP contribution >= 0.6 is 0 Å². The molecule has 0 aliphatic rings. The molecule has 2 aromatic rings. The van der Waals surface area contributed by atoms with E-state index in [-0.39, 0.29) is 24.2 Å². The highest BCUT2D eigenvalue weighted by atomic mass is 19.4. The summed E-state index contributed by atoms with van der Waals surface area (Å²) in [5, 5.41) is 33.2. The standard InChI is InChI=1S/C27H32BF3N4O4/c1-18(2)12-21(16-32)26(37)35(3)22-11-7-8-19(13-22)14-23(33-17-27(29,30)31)25(36)34-24(15-28(38)39)20-9-5-4-6-10-20/h4-13,18,23-24,33,38-39H,14-15,17H2,1-3H3,(H,34,36)/t23-,24+/m0/s1. The average molecular weight is 544 g/mol. The normalized spacial score (nSPS) is 13.4. The Hall–Kier alpha value is -3.66. The van der Waals surface area contributed by atoms with Crippen LogP contribution in [-0.2, 0) is 16.0 Å². The predicted octanol–water partition coefficient (Wildman–Crippen LogP) is 3.15. The summed E-state index contributed by atoms with van der Waals surface area (Å²) >= 11 is 0. The van der Waals surface area contributed by atoms with Crippen LogP contribution in [0.5, 0.6) is 0 Å². The molecule has 2 aromatic carbocycles. The van der Waals surface area contributed by atoms with E-state index < -0.39 is 43.7 Å². The van der Waals surface area contributed by atoms with Gasteiger partial charge in [-0.25, -0.2) is 0 Å². The van der Waals surface area contributed by atoms with Gasteiger partial charge in [0.05, 0.1) is 18.6 Å². The van der Waals surface area contributed by atoms with Crippen LogP contribution in [0.15, 0.2) is 66.2 Å². The van der Waals surface area contributed by atoms with Gasteiger partial charge in [0.15, 0.2) is 0 Å². The van der Waals surface area contributed by atoms with E-state index in [1.54, 1.807) is 54.6 Å². The Bertz CT molecular complexity index is 1180. The molecule has 0 radical (unpaired) electrons. The molecule has 0 saturated carbocycles. The summed E-state index contributed by atoms with van der Waals surface area (Å²) in [6.45, 7) is 2.23. The van der Waals surface area contributed by atoms with Gasteiger partial charge in [0, 0.05) is 19.1 Å². The van der Waals surface area contributed by atoms with Crippen LogP contribution in [0.25, 0.3) is 0 Å². The van der Waals surface area contributed by atoms with Crippen LogP contribution in [0.1, 0.15) is 31.0 Å². The van der Waals surface area contributed by atoms with Crippen molar-refractivity contribution in [2.75, 3.05) is 18.5 Å². The molecule has 2 rings (SSSR count). The van der Waals surface area contributed by atoms with E-state index >= 15 is 0 Å². The number of hydrogen-bond donors (Lipinski definition) is 4. The predicted molar refractivity (Wildman–Crippen MR) is 142 cm³/mol. The highest BCUT2D eigenvalue weighted by molar-refractivity contribution is 6.41. The highest BCUT2D eigenvalue weighted by Gasteiger charge is 2.31. The van der Waals surface area contributed by atoms with E-state index in [1.807, 2.05) is 19.9 Å². The third-order valence-corrected chi connectivity index (χ3v) is 5.72. The van der Waals surface area contributed by atoms with Crippen molar-refractivity contribution in [3.63, 3.8) is 0 Å². The van der Waals surface area contributed by atoms with Gasteiger partial charge in [-0.1, -0.05) is 62.4 Å². The van der Waals surface area contributed by atoms with Crippen molar-refractivity contribution >= 4 is 24.6 Å². The van der Waals surface area contributed by atoms with Crippen molar-refractivity contribution in [1.82, 2.24) is 10.6 Å². The minimum atomic E-state index is -4.58. The summed E-state index contributed by atoms with van der Waals surface area (Å²) in [6, 6.07) is 14.5. The smallest absolute Gasteiger partial charge is 0.427 e. The van der Waals surface area contributed by atoms with Crippen molar-refractivity contribution in [3.05, 3.63) is 77.4 Å². The molecule has 0 bridgehead atoms. The minimum Gasteiger partial charge on any atom is -0.427 e. The zero-order valence-corrected chi connectivity index (χ0v) is 21.9. The Labute approximate surface area is 226 Å². The maximum atomic E-state index is 13.2. The van der Waals surface area contributed by atoms with Crippen LogP contribution in [0.2, 0.25) is 6.32 Å². The van der Waals surface area contributed by atoms with Gasteiger partial charge >= 0.3 is 13.3 Å². The van der Waals surface area contributed by atoms with Gasteiger partial charge in [0.25, 0.3) is 5.91 Å². The van der Waals surface area contributed by atoms with Gasteiger partial charge in [0.2, 0.25) is 5.91 Å². The quantitative estimate of drug-likeness (QED) is 0.185. The van der Waals surface area contributed by atoms with Gasteiger partial charge in [-0.15, -0.1) is 0 Å². The van der Waals surface area contributed by atoms with Gasteiger partial charge in [-0.3, -0.25) is 14.9 Å². The van der Waals surface area contributed by atoms with E-state index in [2.05, 4.69) is 10.6 Å². The Morgan fingerprint density at radius 1 is 1.13 bits per heavy atom. The maximum Gasteiger partial charge on any atom is 0.453 e. The number of hydrogen-bond acceptors (Lipinski definition) is 6. The zero-order chi connectivity index (χ0) is 29.2. The number of alkyl halides is 3. The van der Waals surface area contributed by atoms with Crippen LogP contribution < -0.4 is 15.5 Å². The fourth-order valence-electron chi connectivity index (χ4n) is 3.86. The first-order chi connectivity index (χ1) is 18.3. The summed E-state index contributed by atoms with van der Waals surface area (Å²) in [6.07, 6.45) is -3.47. The van der Waals surface area contributed by atoms with Crippen LogP contribution in [0, 0.1) is 17.2 Å². The van der Waals surface area contributed by atoms with Crippen LogP contribution in [-0.4, -0.2) is 54.8 Å². The monoisotopic (exact) mass is 544 g/mol. The molecule has 39 heavy (non-hydrogen) atoms. The highest BCUT2D eigenvalue weighted by Crippen LogP contribution is 2.21. The zero-order valence-electron chi connectivity index (χ0n) is 21.9. The number of amides is 2. The number of anilines is 1. The third-order valence-electron chi connectivity index (χ3n) is 5.72. The number of nitrogens with one attached hydrogen (secondary N) is 2. The van der Waals surface area contributed by atoms with Crippen molar-refractivity contribution in [1.29, 1.82) is 5.26 Å². The minimum absolute atomic E-state index is 0.0334. The van der Waals surface area contributed by atoms with Crippen molar-refractivity contribution in [2.45, 2.75) is 44.8 Å². The molecule has 0 saturated heterocycles. The second-order valence-electron chi connectivity index (χ2n) is 9.41.